The lowest BCUT2D eigenvalue weighted by Crippen LogP contribution is -2.26. The summed E-state index contributed by atoms with van der Waals surface area (Å²) in [6, 6.07) is 17.9. The first-order valence-corrected chi connectivity index (χ1v) is 12.1. The highest BCUT2D eigenvalue weighted by atomic mass is 32.2. The van der Waals surface area contributed by atoms with Crippen LogP contribution >= 0.6 is 23.1 Å². The number of thiophene rings is 1. The van der Waals surface area contributed by atoms with Crippen molar-refractivity contribution in [1.29, 1.82) is 0 Å². The summed E-state index contributed by atoms with van der Waals surface area (Å²) in [5, 5.41) is 6.02. The second-order valence-corrected chi connectivity index (χ2v) is 9.15. The van der Waals surface area contributed by atoms with Gasteiger partial charge in [-0.15, -0.1) is 17.9 Å². The minimum Gasteiger partial charge on any atom is -0.351 e. The lowest BCUT2D eigenvalue weighted by molar-refractivity contribution is -0.118. The van der Waals surface area contributed by atoms with E-state index in [0.717, 1.165) is 16.7 Å². The van der Waals surface area contributed by atoms with E-state index in [1.54, 1.807) is 10.6 Å². The number of rotatable bonds is 8. The van der Waals surface area contributed by atoms with E-state index in [0.29, 0.717) is 28.5 Å². The Morgan fingerprint density at radius 2 is 1.94 bits per heavy atom. The van der Waals surface area contributed by atoms with Crippen molar-refractivity contribution in [2.75, 3.05) is 5.75 Å². The van der Waals surface area contributed by atoms with Gasteiger partial charge < -0.3 is 5.32 Å². The number of allylic oxidation sites excluding steroid dienone is 1. The zero-order valence-corrected chi connectivity index (χ0v) is 19.3. The Bertz CT molecular complexity index is 1310. The number of aromatic nitrogens is 2. The SMILES string of the molecule is C=CCn1c(SCC(=O)NCc2ccccc2)nc2scc(-c3ccc(C)cc3)c2c1=O. The van der Waals surface area contributed by atoms with Gasteiger partial charge in [-0.1, -0.05) is 78.0 Å². The molecule has 0 spiro atoms. The molecule has 0 aliphatic rings. The topological polar surface area (TPSA) is 64.0 Å². The molecule has 2 heterocycles. The van der Waals surface area contributed by atoms with Crippen molar-refractivity contribution in [3.05, 3.63) is 94.1 Å². The molecule has 0 bridgehead atoms. The van der Waals surface area contributed by atoms with Gasteiger partial charge in [0.05, 0.1) is 11.1 Å². The summed E-state index contributed by atoms with van der Waals surface area (Å²) in [7, 11) is 0. The lowest BCUT2D eigenvalue weighted by atomic mass is 10.1. The van der Waals surface area contributed by atoms with Crippen LogP contribution in [0, 0.1) is 6.92 Å². The largest absolute Gasteiger partial charge is 0.351 e. The number of fused-ring (bicyclic) bond motifs is 1. The average Bonchev–Trinajstić information content (AvgIpc) is 3.24. The third-order valence-corrected chi connectivity index (χ3v) is 6.85. The molecule has 0 unspecified atom stereocenters. The molecule has 5 nitrogen and oxygen atoms in total. The number of hydrogen-bond acceptors (Lipinski definition) is 5. The minimum atomic E-state index is -0.112. The van der Waals surface area contributed by atoms with Crippen molar-refractivity contribution in [3.8, 4) is 11.1 Å². The van der Waals surface area contributed by atoms with E-state index in [9.17, 15) is 9.59 Å². The van der Waals surface area contributed by atoms with Crippen molar-refractivity contribution >= 4 is 39.2 Å². The van der Waals surface area contributed by atoms with Crippen molar-refractivity contribution in [3.63, 3.8) is 0 Å². The van der Waals surface area contributed by atoms with Crippen LogP contribution in [-0.4, -0.2) is 21.2 Å². The van der Waals surface area contributed by atoms with Gasteiger partial charge in [0.1, 0.15) is 4.83 Å². The third-order valence-electron chi connectivity index (χ3n) is 5.00. The zero-order valence-electron chi connectivity index (χ0n) is 17.7. The fourth-order valence-corrected chi connectivity index (χ4v) is 5.16. The number of carbonyl (C=O) groups is 1. The molecule has 32 heavy (non-hydrogen) atoms. The maximum atomic E-state index is 13.4. The highest BCUT2D eigenvalue weighted by molar-refractivity contribution is 7.99. The molecule has 0 saturated heterocycles. The number of benzene rings is 2. The van der Waals surface area contributed by atoms with E-state index in [2.05, 4.69) is 11.9 Å². The molecule has 0 aliphatic heterocycles. The summed E-state index contributed by atoms with van der Waals surface area (Å²) in [5.41, 5.74) is 3.97. The third kappa shape index (κ3) is 4.84. The van der Waals surface area contributed by atoms with E-state index in [1.165, 1.54) is 28.7 Å². The van der Waals surface area contributed by atoms with Gasteiger partial charge in [-0.05, 0) is 18.1 Å². The van der Waals surface area contributed by atoms with Gasteiger partial charge in [-0.3, -0.25) is 14.2 Å². The summed E-state index contributed by atoms with van der Waals surface area (Å²) >= 11 is 2.71. The van der Waals surface area contributed by atoms with Crippen LogP contribution < -0.4 is 10.9 Å². The molecule has 0 atom stereocenters. The van der Waals surface area contributed by atoms with Gasteiger partial charge in [-0.25, -0.2) is 4.98 Å². The molecule has 0 aliphatic carbocycles. The number of thioether (sulfide) groups is 1. The summed E-state index contributed by atoms with van der Waals surface area (Å²) in [6.07, 6.45) is 1.67. The van der Waals surface area contributed by atoms with Crippen LogP contribution in [0.1, 0.15) is 11.1 Å². The standard InChI is InChI=1S/C25H23N3O2S2/c1-3-13-28-24(30)22-20(19-11-9-17(2)10-12-19)15-31-23(22)27-25(28)32-16-21(29)26-14-18-7-5-4-6-8-18/h3-12,15H,1,13-14,16H2,2H3,(H,26,29). The van der Waals surface area contributed by atoms with Gasteiger partial charge in [0.15, 0.2) is 5.16 Å². The number of amides is 1. The quantitative estimate of drug-likeness (QED) is 0.227. The molecule has 1 amide bonds. The molecule has 1 N–H and O–H groups in total. The molecular weight excluding hydrogens is 438 g/mol. The van der Waals surface area contributed by atoms with Crippen molar-refractivity contribution in [1.82, 2.24) is 14.9 Å². The summed E-state index contributed by atoms with van der Waals surface area (Å²) in [6.45, 7) is 6.62. The normalized spacial score (nSPS) is 10.9. The summed E-state index contributed by atoms with van der Waals surface area (Å²) in [4.78, 5) is 31.1. The monoisotopic (exact) mass is 461 g/mol. The number of nitrogens with one attached hydrogen (secondary N) is 1. The van der Waals surface area contributed by atoms with Crippen LogP contribution in [0.3, 0.4) is 0 Å². The van der Waals surface area contributed by atoms with E-state index in [-0.39, 0.29) is 17.2 Å². The van der Waals surface area contributed by atoms with E-state index in [1.807, 2.05) is 66.9 Å². The molecule has 0 radical (unpaired) electrons. The summed E-state index contributed by atoms with van der Waals surface area (Å²) < 4.78 is 1.59. The Balaban J connectivity index is 1.58. The van der Waals surface area contributed by atoms with E-state index in [4.69, 9.17) is 4.98 Å². The van der Waals surface area contributed by atoms with Gasteiger partial charge >= 0.3 is 0 Å². The molecule has 0 fully saturated rings. The number of carbonyl (C=O) groups excluding carboxylic acids is 1. The molecule has 2 aromatic heterocycles. The van der Waals surface area contributed by atoms with Gasteiger partial charge in [0.25, 0.3) is 5.56 Å². The number of nitrogens with zero attached hydrogens (tertiary/aromatic N) is 2. The van der Waals surface area contributed by atoms with Crippen LogP contribution in [0.25, 0.3) is 21.3 Å². The number of hydrogen-bond donors (Lipinski definition) is 1. The maximum absolute atomic E-state index is 13.4. The van der Waals surface area contributed by atoms with Crippen molar-refractivity contribution in [2.45, 2.75) is 25.2 Å². The Labute approximate surface area is 194 Å². The molecule has 162 valence electrons. The Hall–Kier alpha value is -3.16. The van der Waals surface area contributed by atoms with Crippen molar-refractivity contribution < 1.29 is 4.79 Å². The highest BCUT2D eigenvalue weighted by Gasteiger charge is 2.17. The smallest absolute Gasteiger partial charge is 0.263 e. The van der Waals surface area contributed by atoms with Gasteiger partial charge in [0.2, 0.25) is 5.91 Å². The molecule has 7 heteroatoms. The first-order chi connectivity index (χ1) is 15.6. The molecule has 4 aromatic rings. The van der Waals surface area contributed by atoms with E-state index >= 15 is 0 Å². The second kappa shape index (κ2) is 9.97. The predicted molar refractivity (Wildman–Crippen MR) is 133 cm³/mol. The van der Waals surface area contributed by atoms with Crippen molar-refractivity contribution in [2.24, 2.45) is 0 Å². The average molecular weight is 462 g/mol. The van der Waals surface area contributed by atoms with Crippen LogP contribution in [0.15, 0.2) is 82.6 Å². The highest BCUT2D eigenvalue weighted by Crippen LogP contribution is 2.32. The lowest BCUT2D eigenvalue weighted by Gasteiger charge is -2.11. The molecular formula is C25H23N3O2S2. The Morgan fingerprint density at radius 3 is 2.66 bits per heavy atom. The second-order valence-electron chi connectivity index (χ2n) is 7.35. The van der Waals surface area contributed by atoms with Crippen LogP contribution in [0.5, 0.6) is 0 Å². The van der Waals surface area contributed by atoms with Crippen LogP contribution in [0.4, 0.5) is 0 Å². The minimum absolute atomic E-state index is 0.107. The Morgan fingerprint density at radius 1 is 1.19 bits per heavy atom. The fraction of sp³-hybridized carbons (Fsp3) is 0.160. The zero-order chi connectivity index (χ0) is 22.5. The van der Waals surface area contributed by atoms with Gasteiger partial charge in [0, 0.05) is 24.0 Å². The molecule has 0 saturated carbocycles. The molecule has 4 rings (SSSR count). The Kier molecular flexibility index (Phi) is 6.87. The van der Waals surface area contributed by atoms with E-state index < -0.39 is 0 Å². The van der Waals surface area contributed by atoms with Crippen LogP contribution in [-0.2, 0) is 17.9 Å². The van der Waals surface area contributed by atoms with Gasteiger partial charge in [-0.2, -0.15) is 0 Å². The predicted octanol–water partition coefficient (Wildman–Crippen LogP) is 5.03. The number of aryl methyl sites for hydroxylation is 1. The first-order valence-electron chi connectivity index (χ1n) is 10.2. The summed E-state index contributed by atoms with van der Waals surface area (Å²) in [5.74, 6) is 0.0721. The maximum Gasteiger partial charge on any atom is 0.263 e. The molecule has 2 aromatic carbocycles. The first kappa shape index (κ1) is 22.0. The van der Waals surface area contributed by atoms with Crippen LogP contribution in [0.2, 0.25) is 0 Å². The fourth-order valence-electron chi connectivity index (χ4n) is 3.33.